The predicted octanol–water partition coefficient (Wildman–Crippen LogP) is 7.94. The number of nitrogens with zero attached hydrogens (tertiary/aromatic N) is 4. The number of fused-ring (bicyclic) bond motifs is 3. The third kappa shape index (κ3) is 6.78. The summed E-state index contributed by atoms with van der Waals surface area (Å²) >= 11 is 7.38. The van der Waals surface area contributed by atoms with Crippen molar-refractivity contribution in [2.75, 3.05) is 53.3 Å². The van der Waals surface area contributed by atoms with E-state index in [4.69, 9.17) is 26.3 Å². The molecule has 2 aromatic carbocycles. The molecule has 5 aromatic rings. The van der Waals surface area contributed by atoms with Crippen molar-refractivity contribution in [3.8, 4) is 10.6 Å². The van der Waals surface area contributed by atoms with Gasteiger partial charge >= 0.3 is 0 Å². The average Bonchev–Trinajstić information content (AvgIpc) is 3.51. The number of rotatable bonds is 6. The van der Waals surface area contributed by atoms with E-state index in [2.05, 4.69) is 15.5 Å². The van der Waals surface area contributed by atoms with E-state index in [1.165, 1.54) is 29.5 Å². The molecule has 2 fully saturated rings. The largest absolute Gasteiger partial charge is 0.381 e. The summed E-state index contributed by atoms with van der Waals surface area (Å²) in [5.41, 5.74) is 5.33. The lowest BCUT2D eigenvalue weighted by Gasteiger charge is -2.53. The van der Waals surface area contributed by atoms with E-state index < -0.39 is 11.7 Å². The maximum Gasteiger partial charge on any atom is 0.265 e. The maximum absolute atomic E-state index is 14.4. The van der Waals surface area contributed by atoms with Crippen LogP contribution in [0.2, 0.25) is 5.02 Å². The second-order valence-electron chi connectivity index (χ2n) is 13.9. The van der Waals surface area contributed by atoms with Crippen molar-refractivity contribution in [2.24, 2.45) is 5.41 Å². The van der Waals surface area contributed by atoms with E-state index in [1.807, 2.05) is 38.1 Å². The van der Waals surface area contributed by atoms with Crippen LogP contribution >= 0.6 is 22.9 Å². The summed E-state index contributed by atoms with van der Waals surface area (Å²) in [5.74, 6) is -0.908. The zero-order valence-electron chi connectivity index (χ0n) is 29.2. The fourth-order valence-electron chi connectivity index (χ4n) is 7.26. The van der Waals surface area contributed by atoms with Crippen LogP contribution in [0, 0.1) is 25.1 Å². The summed E-state index contributed by atoms with van der Waals surface area (Å²) in [6, 6.07) is 20.2. The second kappa shape index (κ2) is 14.0. The van der Waals surface area contributed by atoms with Crippen molar-refractivity contribution in [1.29, 1.82) is 0 Å². The van der Waals surface area contributed by atoms with Gasteiger partial charge in [0.2, 0.25) is 0 Å². The molecular formula is C40H36ClFN6O4S. The number of aryl methyl sites for hydroxylation is 2. The lowest BCUT2D eigenvalue weighted by molar-refractivity contribution is -0.000519. The smallest absolute Gasteiger partial charge is 0.265 e. The minimum Gasteiger partial charge on any atom is -0.381 e. The molecule has 2 N–H and O–H groups in total. The van der Waals surface area contributed by atoms with E-state index in [9.17, 15) is 18.8 Å². The van der Waals surface area contributed by atoms with Crippen molar-refractivity contribution in [2.45, 2.75) is 33.1 Å². The van der Waals surface area contributed by atoms with Gasteiger partial charge in [-0.15, -0.1) is 11.3 Å². The van der Waals surface area contributed by atoms with E-state index >= 15 is 0 Å². The van der Waals surface area contributed by atoms with Crippen molar-refractivity contribution in [1.82, 2.24) is 9.97 Å². The van der Waals surface area contributed by atoms with E-state index in [-0.39, 0.29) is 27.9 Å². The van der Waals surface area contributed by atoms with Gasteiger partial charge in [0.25, 0.3) is 17.7 Å². The van der Waals surface area contributed by atoms with Crippen LogP contribution in [0.4, 0.5) is 27.3 Å². The Morgan fingerprint density at radius 2 is 1.64 bits per heavy atom. The fourth-order valence-corrected chi connectivity index (χ4v) is 8.58. The van der Waals surface area contributed by atoms with Gasteiger partial charge in [-0.25, -0.2) is 9.37 Å². The molecule has 8 rings (SSSR count). The molecule has 0 atom stereocenters. The minimum atomic E-state index is -0.625. The van der Waals surface area contributed by atoms with Crippen LogP contribution in [0.15, 0.2) is 72.8 Å². The number of hydrogen-bond acceptors (Lipinski definition) is 8. The Hall–Kier alpha value is -5.17. The summed E-state index contributed by atoms with van der Waals surface area (Å²) in [5, 5.41) is 5.70. The summed E-state index contributed by atoms with van der Waals surface area (Å²) in [6.07, 6.45) is 2.50. The Morgan fingerprint density at radius 3 is 2.40 bits per heavy atom. The molecular weight excluding hydrogens is 715 g/mol. The molecule has 0 unspecified atom stereocenters. The Balaban J connectivity index is 0.989. The molecule has 3 aliphatic heterocycles. The van der Waals surface area contributed by atoms with Gasteiger partial charge in [0, 0.05) is 60.9 Å². The molecule has 0 radical (unpaired) electrons. The number of carbonyl (C=O) groups excluding carboxylic acids is 3. The highest BCUT2D eigenvalue weighted by molar-refractivity contribution is 7.17. The number of ether oxygens (including phenoxy) is 1. The number of aromatic nitrogens is 2. The van der Waals surface area contributed by atoms with Gasteiger partial charge in [-0.1, -0.05) is 17.7 Å². The zero-order valence-corrected chi connectivity index (χ0v) is 30.7. The topological polar surface area (TPSA) is 117 Å². The lowest BCUT2D eigenvalue weighted by atomic mass is 9.73. The number of anilines is 4. The SMILES string of the molecule is Cc1ccc2c(n1)-c1sc(C(=O)Nc3c(F)cccc3Cl)cc1CCN2C(=O)c1ccc(NC(=O)c2ccc(C)nc2N2CC3(CCOCC3)C2)cc1. The number of hydrogen-bond donors (Lipinski definition) is 2. The number of pyridine rings is 2. The van der Waals surface area contributed by atoms with Crippen LogP contribution in [-0.4, -0.2) is 60.5 Å². The Labute approximate surface area is 315 Å². The van der Waals surface area contributed by atoms with E-state index in [0.29, 0.717) is 51.9 Å². The van der Waals surface area contributed by atoms with Crippen molar-refractivity contribution < 1.29 is 23.5 Å². The minimum absolute atomic E-state index is 0.0772. The van der Waals surface area contributed by atoms with Gasteiger partial charge in [0.05, 0.1) is 31.7 Å². The first kappa shape index (κ1) is 34.9. The van der Waals surface area contributed by atoms with Gasteiger partial charge < -0.3 is 25.2 Å². The monoisotopic (exact) mass is 750 g/mol. The normalized spacial score (nSPS) is 15.9. The molecule has 0 bridgehead atoms. The molecule has 13 heteroatoms. The Bertz CT molecular complexity index is 2240. The first-order valence-corrected chi connectivity index (χ1v) is 18.7. The quantitative estimate of drug-likeness (QED) is 0.181. The Morgan fingerprint density at radius 1 is 0.906 bits per heavy atom. The first-order chi connectivity index (χ1) is 25.6. The summed E-state index contributed by atoms with van der Waals surface area (Å²) < 4.78 is 20.0. The molecule has 1 spiro atoms. The number of carbonyl (C=O) groups is 3. The summed E-state index contributed by atoms with van der Waals surface area (Å²) in [7, 11) is 0. The number of benzene rings is 2. The van der Waals surface area contributed by atoms with Crippen LogP contribution in [0.5, 0.6) is 0 Å². The van der Waals surface area contributed by atoms with E-state index in [0.717, 1.165) is 61.0 Å². The molecule has 2 saturated heterocycles. The molecule has 3 aliphatic rings. The van der Waals surface area contributed by atoms with Crippen LogP contribution < -0.4 is 20.4 Å². The number of para-hydroxylation sites is 1. The summed E-state index contributed by atoms with van der Waals surface area (Å²) in [4.78, 5) is 55.4. The van der Waals surface area contributed by atoms with Gasteiger partial charge in [-0.2, -0.15) is 0 Å². The van der Waals surface area contributed by atoms with Crippen molar-refractivity contribution >= 4 is 63.5 Å². The van der Waals surface area contributed by atoms with Crippen LogP contribution in [0.25, 0.3) is 10.6 Å². The predicted molar refractivity (Wildman–Crippen MR) is 205 cm³/mol. The second-order valence-corrected chi connectivity index (χ2v) is 15.3. The molecule has 10 nitrogen and oxygen atoms in total. The highest BCUT2D eigenvalue weighted by Crippen LogP contribution is 2.43. The van der Waals surface area contributed by atoms with Crippen LogP contribution in [-0.2, 0) is 11.2 Å². The number of halogens is 2. The standard InChI is InChI=1S/C40H36ClFN6O4S/c1-23-7-13-31-34(43-23)35-26(20-32(53-35)38(50)46-33-29(41)4-3-5-30(33)42)14-17-48(31)39(51)25-8-10-27(11-9-25)45-37(49)28-12-6-24(2)44-36(28)47-21-40(22-47)15-18-52-19-16-40/h3-13,20H,14-19,21-22H2,1-2H3,(H,45,49)(H,46,50). The molecule has 0 aliphatic carbocycles. The molecule has 0 saturated carbocycles. The molecule has 53 heavy (non-hydrogen) atoms. The highest BCUT2D eigenvalue weighted by Gasteiger charge is 2.45. The first-order valence-electron chi connectivity index (χ1n) is 17.5. The average molecular weight is 751 g/mol. The van der Waals surface area contributed by atoms with Crippen molar-refractivity contribution in [3.63, 3.8) is 0 Å². The number of amides is 3. The molecule has 3 aromatic heterocycles. The highest BCUT2D eigenvalue weighted by atomic mass is 35.5. The molecule has 270 valence electrons. The van der Waals surface area contributed by atoms with Gasteiger partial charge in [-0.05, 0) is 105 Å². The third-order valence-electron chi connectivity index (χ3n) is 10.2. The third-order valence-corrected chi connectivity index (χ3v) is 11.7. The molecule has 6 heterocycles. The lowest BCUT2D eigenvalue weighted by Crippen LogP contribution is -2.59. The van der Waals surface area contributed by atoms with Crippen molar-refractivity contribution in [3.05, 3.63) is 117 Å². The maximum atomic E-state index is 14.4. The van der Waals surface area contributed by atoms with Gasteiger partial charge in [0.15, 0.2) is 0 Å². The van der Waals surface area contributed by atoms with Gasteiger partial charge in [-0.3, -0.25) is 19.4 Å². The Kier molecular flexibility index (Phi) is 9.21. The summed E-state index contributed by atoms with van der Waals surface area (Å²) in [6.45, 7) is 7.39. The van der Waals surface area contributed by atoms with E-state index in [1.54, 1.807) is 35.2 Å². The number of nitrogens with one attached hydrogen (secondary N) is 2. The fraction of sp³-hybridized carbons (Fsp3) is 0.275. The van der Waals surface area contributed by atoms with Crippen LogP contribution in [0.3, 0.4) is 0 Å². The molecule has 3 amide bonds. The zero-order chi connectivity index (χ0) is 36.9. The van der Waals surface area contributed by atoms with Gasteiger partial charge in [0.1, 0.15) is 17.3 Å². The number of thiophene rings is 1. The van der Waals surface area contributed by atoms with Crippen LogP contribution in [0.1, 0.15) is 60.2 Å².